The molecule has 0 saturated heterocycles. The summed E-state index contributed by atoms with van der Waals surface area (Å²) in [6.45, 7) is 2.47. The predicted molar refractivity (Wildman–Crippen MR) is 106 cm³/mol. The van der Waals surface area contributed by atoms with Gasteiger partial charge in [0.25, 0.3) is 0 Å². The number of rotatable bonds is 8. The summed E-state index contributed by atoms with van der Waals surface area (Å²) in [5, 5.41) is 10.1. The van der Waals surface area contributed by atoms with Gasteiger partial charge in [0.05, 0.1) is 20.8 Å². The Morgan fingerprint density at radius 1 is 0.964 bits per heavy atom. The van der Waals surface area contributed by atoms with Crippen molar-refractivity contribution in [1.82, 2.24) is 0 Å². The third-order valence-electron chi connectivity index (χ3n) is 3.80. The molecule has 2 aromatic carbocycles. The first kappa shape index (κ1) is 23.0. The molecule has 0 aromatic heterocycles. The van der Waals surface area contributed by atoms with E-state index in [0.29, 0.717) is 29.2 Å². The van der Waals surface area contributed by atoms with E-state index in [9.17, 15) is 14.7 Å². The number of ether oxygens (including phenoxy) is 3. The Hall–Kier alpha value is -3.06. The molecule has 1 unspecified atom stereocenters. The molecule has 0 saturated carbocycles. The lowest BCUT2D eigenvalue weighted by molar-refractivity contribution is 0.0747. The molecule has 0 aliphatic heterocycles. The summed E-state index contributed by atoms with van der Waals surface area (Å²) in [6, 6.07) is 13.4. The first-order chi connectivity index (χ1) is 13.4. The van der Waals surface area contributed by atoms with Crippen LogP contribution in [0.4, 0.5) is 4.79 Å². The molecule has 0 radical (unpaired) electrons. The van der Waals surface area contributed by atoms with Crippen molar-refractivity contribution in [3.05, 3.63) is 59.7 Å². The number of aliphatic hydroxyl groups is 1. The van der Waals surface area contributed by atoms with E-state index in [2.05, 4.69) is 10.5 Å². The van der Waals surface area contributed by atoms with Crippen LogP contribution < -0.4 is 15.2 Å². The molecule has 0 aliphatic carbocycles. The van der Waals surface area contributed by atoms with E-state index in [4.69, 9.17) is 9.47 Å². The topological polar surface area (TPSA) is 108 Å². The van der Waals surface area contributed by atoms with Gasteiger partial charge >= 0.3 is 6.09 Å². The van der Waals surface area contributed by atoms with Crippen molar-refractivity contribution in [2.45, 2.75) is 25.9 Å². The molecule has 1 atom stereocenters. The summed E-state index contributed by atoms with van der Waals surface area (Å²) in [7, 11) is 3.12. The quantitative estimate of drug-likeness (QED) is 0.528. The Balaban J connectivity index is 0.000000416. The van der Waals surface area contributed by atoms with Crippen LogP contribution in [0.25, 0.3) is 0 Å². The predicted octanol–water partition coefficient (Wildman–Crippen LogP) is 3.50. The van der Waals surface area contributed by atoms with Gasteiger partial charge in [-0.25, -0.2) is 4.79 Å². The van der Waals surface area contributed by atoms with Crippen molar-refractivity contribution in [2.75, 3.05) is 20.8 Å². The van der Waals surface area contributed by atoms with Gasteiger partial charge in [-0.05, 0) is 48.4 Å². The van der Waals surface area contributed by atoms with Gasteiger partial charge in [0.2, 0.25) is 0 Å². The standard InChI is InChI=1S/C16H16O4.C5H11NO2/c1-19-13-7-3-11(4-8-13)15(17)16(18)12-5-9-14(20-2)10-6-12;1-2-3-4-8-5(6)7/h3-10,15,17H,1-2H3;2-4H2,1H3,(H2,6,7). The number of Topliss-reactive ketones (excluding diaryl/α,β-unsaturated/α-hetero) is 1. The number of carbonyl (C=O) groups excluding carboxylic acids is 2. The summed E-state index contributed by atoms with van der Waals surface area (Å²) in [5.41, 5.74) is 5.64. The highest BCUT2D eigenvalue weighted by Gasteiger charge is 2.19. The lowest BCUT2D eigenvalue weighted by atomic mass is 10.00. The molecule has 28 heavy (non-hydrogen) atoms. The lowest BCUT2D eigenvalue weighted by Crippen LogP contribution is -2.13. The zero-order chi connectivity index (χ0) is 20.9. The monoisotopic (exact) mass is 389 g/mol. The Morgan fingerprint density at radius 3 is 1.89 bits per heavy atom. The largest absolute Gasteiger partial charge is 0.497 e. The number of ketones is 1. The van der Waals surface area contributed by atoms with E-state index < -0.39 is 12.2 Å². The summed E-state index contributed by atoms with van der Waals surface area (Å²) in [4.78, 5) is 22.1. The molecule has 0 spiro atoms. The minimum absolute atomic E-state index is 0.349. The minimum Gasteiger partial charge on any atom is -0.497 e. The fourth-order valence-corrected chi connectivity index (χ4v) is 2.17. The van der Waals surface area contributed by atoms with E-state index in [1.807, 2.05) is 6.92 Å². The summed E-state index contributed by atoms with van der Waals surface area (Å²) in [5.74, 6) is 0.996. The second-order valence-corrected chi connectivity index (χ2v) is 5.79. The fourth-order valence-electron chi connectivity index (χ4n) is 2.17. The SMILES string of the molecule is CCCCOC(N)=O.COc1ccc(C(=O)C(O)c2ccc(OC)cc2)cc1. The van der Waals surface area contributed by atoms with E-state index >= 15 is 0 Å². The summed E-state index contributed by atoms with van der Waals surface area (Å²) < 4.78 is 14.5. The van der Waals surface area contributed by atoms with Crippen LogP contribution >= 0.6 is 0 Å². The van der Waals surface area contributed by atoms with Crippen molar-refractivity contribution >= 4 is 11.9 Å². The molecule has 0 bridgehead atoms. The minimum atomic E-state index is -1.19. The molecule has 2 aromatic rings. The number of amides is 1. The van der Waals surface area contributed by atoms with E-state index in [1.54, 1.807) is 62.8 Å². The van der Waals surface area contributed by atoms with E-state index in [1.165, 1.54) is 0 Å². The number of primary amides is 1. The van der Waals surface area contributed by atoms with Crippen LogP contribution in [0.1, 0.15) is 41.8 Å². The molecule has 0 fully saturated rings. The Labute approximate surface area is 165 Å². The van der Waals surface area contributed by atoms with Crippen molar-refractivity contribution < 1.29 is 28.9 Å². The van der Waals surface area contributed by atoms with Crippen LogP contribution in [0.5, 0.6) is 11.5 Å². The number of nitrogens with two attached hydrogens (primary N) is 1. The molecular weight excluding hydrogens is 362 g/mol. The number of hydrogen-bond donors (Lipinski definition) is 2. The third-order valence-corrected chi connectivity index (χ3v) is 3.80. The third kappa shape index (κ3) is 7.67. The van der Waals surface area contributed by atoms with Gasteiger partial charge in [-0.1, -0.05) is 25.5 Å². The normalized spacial score (nSPS) is 10.9. The Bertz CT molecular complexity index is 728. The van der Waals surface area contributed by atoms with Crippen LogP contribution in [-0.2, 0) is 4.74 Å². The molecule has 0 aliphatic rings. The van der Waals surface area contributed by atoms with Crippen LogP contribution in [0, 0.1) is 0 Å². The smallest absolute Gasteiger partial charge is 0.404 e. The van der Waals surface area contributed by atoms with Crippen LogP contribution in [-0.4, -0.2) is 37.8 Å². The first-order valence-electron chi connectivity index (χ1n) is 8.85. The zero-order valence-electron chi connectivity index (χ0n) is 16.4. The number of methoxy groups -OCH3 is 2. The van der Waals surface area contributed by atoms with Gasteiger partial charge in [0.1, 0.15) is 17.6 Å². The van der Waals surface area contributed by atoms with Crippen LogP contribution in [0.15, 0.2) is 48.5 Å². The van der Waals surface area contributed by atoms with Crippen LogP contribution in [0.2, 0.25) is 0 Å². The average molecular weight is 389 g/mol. The molecule has 7 nitrogen and oxygen atoms in total. The number of benzene rings is 2. The maximum Gasteiger partial charge on any atom is 0.404 e. The molecule has 152 valence electrons. The first-order valence-corrected chi connectivity index (χ1v) is 8.85. The van der Waals surface area contributed by atoms with E-state index in [-0.39, 0.29) is 5.78 Å². The Kier molecular flexibility index (Phi) is 10.1. The fraction of sp³-hybridized carbons (Fsp3) is 0.333. The maximum atomic E-state index is 12.2. The van der Waals surface area contributed by atoms with Gasteiger partial charge in [-0.3, -0.25) is 4.79 Å². The molecule has 7 heteroatoms. The van der Waals surface area contributed by atoms with Crippen LogP contribution in [0.3, 0.4) is 0 Å². The van der Waals surface area contributed by atoms with Gasteiger partial charge in [-0.2, -0.15) is 0 Å². The molecule has 3 N–H and O–H groups in total. The summed E-state index contributed by atoms with van der Waals surface area (Å²) >= 11 is 0. The molecule has 0 heterocycles. The highest BCUT2D eigenvalue weighted by molar-refractivity contribution is 5.99. The van der Waals surface area contributed by atoms with Crippen molar-refractivity contribution in [2.24, 2.45) is 5.73 Å². The number of aliphatic hydroxyl groups excluding tert-OH is 1. The van der Waals surface area contributed by atoms with Crippen molar-refractivity contribution in [1.29, 1.82) is 0 Å². The number of unbranched alkanes of at least 4 members (excludes halogenated alkanes) is 1. The Morgan fingerprint density at radius 2 is 1.46 bits per heavy atom. The van der Waals surface area contributed by atoms with Gasteiger partial charge in [0, 0.05) is 5.56 Å². The average Bonchev–Trinajstić information content (AvgIpc) is 2.73. The van der Waals surface area contributed by atoms with Crippen molar-refractivity contribution in [3.63, 3.8) is 0 Å². The van der Waals surface area contributed by atoms with Gasteiger partial charge in [0.15, 0.2) is 5.78 Å². The molecular formula is C21H27NO6. The second kappa shape index (κ2) is 12.3. The molecule has 2 rings (SSSR count). The van der Waals surface area contributed by atoms with E-state index in [0.717, 1.165) is 12.8 Å². The maximum absolute atomic E-state index is 12.2. The number of carbonyl (C=O) groups is 2. The highest BCUT2D eigenvalue weighted by Crippen LogP contribution is 2.22. The second-order valence-electron chi connectivity index (χ2n) is 5.79. The van der Waals surface area contributed by atoms with Crippen molar-refractivity contribution in [3.8, 4) is 11.5 Å². The van der Waals surface area contributed by atoms with Gasteiger partial charge < -0.3 is 25.1 Å². The number of hydrogen-bond acceptors (Lipinski definition) is 6. The summed E-state index contributed by atoms with van der Waals surface area (Å²) in [6.07, 6.45) is 0.0451. The highest BCUT2D eigenvalue weighted by atomic mass is 16.5. The zero-order valence-corrected chi connectivity index (χ0v) is 16.4. The van der Waals surface area contributed by atoms with Gasteiger partial charge in [-0.15, -0.1) is 0 Å². The molecule has 1 amide bonds. The lowest BCUT2D eigenvalue weighted by Gasteiger charge is -2.11.